The summed E-state index contributed by atoms with van der Waals surface area (Å²) in [6.45, 7) is 5.96. The van der Waals surface area contributed by atoms with E-state index in [4.69, 9.17) is 17.3 Å². The summed E-state index contributed by atoms with van der Waals surface area (Å²) >= 11 is 7.30. The topological polar surface area (TPSA) is 99.6 Å². The molecule has 0 aromatic carbocycles. The summed E-state index contributed by atoms with van der Waals surface area (Å²) < 4.78 is 1.85. The van der Waals surface area contributed by atoms with Gasteiger partial charge in [-0.15, -0.1) is 11.3 Å². The van der Waals surface area contributed by atoms with Gasteiger partial charge in [-0.2, -0.15) is 0 Å². The summed E-state index contributed by atoms with van der Waals surface area (Å²) in [6.07, 6.45) is 5.48. The van der Waals surface area contributed by atoms with Gasteiger partial charge in [0.15, 0.2) is 16.6 Å². The van der Waals surface area contributed by atoms with E-state index in [9.17, 15) is 4.79 Å². The second kappa shape index (κ2) is 6.96. The van der Waals surface area contributed by atoms with Gasteiger partial charge in [-0.25, -0.2) is 15.0 Å². The average Bonchev–Trinajstić information content (AvgIpc) is 3.24. The lowest BCUT2D eigenvalue weighted by atomic mass is 10.0. The lowest BCUT2D eigenvalue weighted by Gasteiger charge is -2.12. The lowest BCUT2D eigenvalue weighted by Crippen LogP contribution is -2.19. The van der Waals surface area contributed by atoms with Crippen LogP contribution in [0.25, 0.3) is 27.6 Å². The van der Waals surface area contributed by atoms with Gasteiger partial charge in [-0.05, 0) is 24.5 Å². The standard InChI is InChI=1S/C19H17ClN6OS/c1-9(2)12-7-26(13-6-22-5-4-11(12)13)18-15(16(21)27)10(3)23-17(25-18)19-24-14(20)8-28-19/h4-9H,1-3H3,(H2,21,27). The van der Waals surface area contributed by atoms with E-state index in [0.717, 1.165) is 16.5 Å². The van der Waals surface area contributed by atoms with Crippen molar-refractivity contribution in [3.8, 4) is 16.6 Å². The van der Waals surface area contributed by atoms with E-state index in [1.807, 2.05) is 16.8 Å². The van der Waals surface area contributed by atoms with Crippen molar-refractivity contribution in [2.75, 3.05) is 0 Å². The lowest BCUT2D eigenvalue weighted by molar-refractivity contribution is 0.0999. The van der Waals surface area contributed by atoms with E-state index in [1.165, 1.54) is 11.3 Å². The maximum Gasteiger partial charge on any atom is 0.254 e. The van der Waals surface area contributed by atoms with Gasteiger partial charge in [0.25, 0.3) is 5.91 Å². The number of pyridine rings is 1. The monoisotopic (exact) mass is 412 g/mol. The highest BCUT2D eigenvalue weighted by Gasteiger charge is 2.22. The SMILES string of the molecule is Cc1nc(-c2nc(Cl)cs2)nc(-n2cc(C(C)C)c3ccncc32)c1C(N)=O. The molecule has 0 radical (unpaired) electrons. The molecule has 0 aliphatic rings. The van der Waals surface area contributed by atoms with Crippen molar-refractivity contribution in [3.63, 3.8) is 0 Å². The molecule has 0 saturated heterocycles. The molecule has 0 aliphatic carbocycles. The highest BCUT2D eigenvalue weighted by atomic mass is 35.5. The smallest absolute Gasteiger partial charge is 0.254 e. The van der Waals surface area contributed by atoms with Crippen LogP contribution in [-0.2, 0) is 0 Å². The summed E-state index contributed by atoms with van der Waals surface area (Å²) in [5.74, 6) is 0.494. The fourth-order valence-corrected chi connectivity index (χ4v) is 4.09. The van der Waals surface area contributed by atoms with E-state index < -0.39 is 5.91 Å². The molecule has 7 nitrogen and oxygen atoms in total. The predicted octanol–water partition coefficient (Wildman–Crippen LogP) is 4.12. The van der Waals surface area contributed by atoms with Crippen LogP contribution in [0, 0.1) is 6.92 Å². The Bertz CT molecular complexity index is 1210. The molecule has 0 atom stereocenters. The first-order valence-electron chi connectivity index (χ1n) is 8.62. The minimum Gasteiger partial charge on any atom is -0.365 e. The number of hydrogen-bond acceptors (Lipinski definition) is 6. The molecule has 1 amide bonds. The number of carbonyl (C=O) groups excluding carboxylic acids is 1. The number of rotatable bonds is 4. The van der Waals surface area contributed by atoms with E-state index in [2.05, 4.69) is 33.8 Å². The molecule has 0 saturated carbocycles. The van der Waals surface area contributed by atoms with Crippen molar-refractivity contribution >= 4 is 39.7 Å². The Labute approximate surface area is 170 Å². The summed E-state index contributed by atoms with van der Waals surface area (Å²) in [4.78, 5) is 29.8. The molecule has 4 aromatic rings. The zero-order valence-electron chi connectivity index (χ0n) is 15.5. The average molecular weight is 413 g/mol. The van der Waals surface area contributed by atoms with Gasteiger partial charge in [-0.3, -0.25) is 14.3 Å². The van der Waals surface area contributed by atoms with Crippen molar-refractivity contribution in [3.05, 3.63) is 52.0 Å². The quantitative estimate of drug-likeness (QED) is 0.543. The Morgan fingerprint density at radius 2 is 2.07 bits per heavy atom. The van der Waals surface area contributed by atoms with Gasteiger partial charge >= 0.3 is 0 Å². The van der Waals surface area contributed by atoms with Crippen LogP contribution in [0.3, 0.4) is 0 Å². The highest BCUT2D eigenvalue weighted by molar-refractivity contribution is 7.13. The molecule has 0 bridgehead atoms. The molecule has 0 unspecified atom stereocenters. The van der Waals surface area contributed by atoms with Crippen molar-refractivity contribution < 1.29 is 4.79 Å². The first kappa shape index (κ1) is 18.5. The largest absolute Gasteiger partial charge is 0.365 e. The van der Waals surface area contributed by atoms with Crippen LogP contribution >= 0.6 is 22.9 Å². The van der Waals surface area contributed by atoms with Crippen LogP contribution in [0.5, 0.6) is 0 Å². The third-order valence-electron chi connectivity index (χ3n) is 4.47. The molecule has 9 heteroatoms. The van der Waals surface area contributed by atoms with Gasteiger partial charge in [0.2, 0.25) is 0 Å². The zero-order valence-corrected chi connectivity index (χ0v) is 17.0. The van der Waals surface area contributed by atoms with Crippen molar-refractivity contribution in [1.82, 2.24) is 24.5 Å². The van der Waals surface area contributed by atoms with E-state index >= 15 is 0 Å². The molecular weight excluding hydrogens is 396 g/mol. The van der Waals surface area contributed by atoms with Crippen molar-refractivity contribution in [2.45, 2.75) is 26.7 Å². The number of nitrogens with two attached hydrogens (primary N) is 1. The molecule has 142 valence electrons. The minimum absolute atomic E-state index is 0.266. The number of nitrogens with zero attached hydrogens (tertiary/aromatic N) is 5. The predicted molar refractivity (Wildman–Crippen MR) is 110 cm³/mol. The van der Waals surface area contributed by atoms with Gasteiger partial charge in [0, 0.05) is 23.2 Å². The molecule has 0 fully saturated rings. The molecule has 0 aliphatic heterocycles. The number of primary amides is 1. The van der Waals surface area contributed by atoms with Crippen LogP contribution in [0.1, 0.15) is 41.4 Å². The van der Waals surface area contributed by atoms with Crippen LogP contribution < -0.4 is 5.73 Å². The highest BCUT2D eigenvalue weighted by Crippen LogP contribution is 2.32. The number of aryl methyl sites for hydroxylation is 1. The van der Waals surface area contributed by atoms with Gasteiger partial charge < -0.3 is 5.73 Å². The van der Waals surface area contributed by atoms with Gasteiger partial charge in [-0.1, -0.05) is 25.4 Å². The fraction of sp³-hybridized carbons (Fsp3) is 0.211. The Balaban J connectivity index is 2.05. The van der Waals surface area contributed by atoms with E-state index in [1.54, 1.807) is 24.7 Å². The van der Waals surface area contributed by atoms with Gasteiger partial charge in [0.1, 0.15) is 10.7 Å². The number of thiazole rings is 1. The van der Waals surface area contributed by atoms with Crippen molar-refractivity contribution in [2.24, 2.45) is 5.73 Å². The van der Waals surface area contributed by atoms with E-state index in [0.29, 0.717) is 27.5 Å². The molecule has 4 aromatic heterocycles. The Morgan fingerprint density at radius 1 is 1.29 bits per heavy atom. The second-order valence-electron chi connectivity index (χ2n) is 6.67. The molecule has 4 heterocycles. The Hall–Kier alpha value is -2.84. The Kier molecular flexibility index (Phi) is 4.60. The number of carbonyl (C=O) groups is 1. The van der Waals surface area contributed by atoms with Crippen LogP contribution in [0.2, 0.25) is 5.15 Å². The number of hydrogen-bond donors (Lipinski definition) is 1. The third-order valence-corrected chi connectivity index (χ3v) is 5.63. The number of fused-ring (bicyclic) bond motifs is 1. The molecule has 4 rings (SSSR count). The first-order chi connectivity index (χ1) is 13.4. The zero-order chi connectivity index (χ0) is 20.0. The van der Waals surface area contributed by atoms with Crippen LogP contribution in [-0.4, -0.2) is 30.4 Å². The molecule has 0 spiro atoms. The normalized spacial score (nSPS) is 11.5. The Morgan fingerprint density at radius 3 is 2.71 bits per heavy atom. The van der Waals surface area contributed by atoms with Crippen molar-refractivity contribution in [1.29, 1.82) is 0 Å². The fourth-order valence-electron chi connectivity index (χ4n) is 3.21. The second-order valence-corrected chi connectivity index (χ2v) is 7.92. The number of amides is 1. The number of aromatic nitrogens is 5. The summed E-state index contributed by atoms with van der Waals surface area (Å²) in [7, 11) is 0. The molecule has 2 N–H and O–H groups in total. The first-order valence-corrected chi connectivity index (χ1v) is 9.87. The summed E-state index contributed by atoms with van der Waals surface area (Å²) in [5.41, 5.74) is 8.39. The molecular formula is C19H17ClN6OS. The van der Waals surface area contributed by atoms with Crippen LogP contribution in [0.15, 0.2) is 30.0 Å². The van der Waals surface area contributed by atoms with Gasteiger partial charge in [0.05, 0.1) is 17.4 Å². The molecule has 28 heavy (non-hydrogen) atoms. The van der Waals surface area contributed by atoms with Crippen LogP contribution in [0.4, 0.5) is 0 Å². The third kappa shape index (κ3) is 3.04. The summed E-state index contributed by atoms with van der Waals surface area (Å²) in [6, 6.07) is 1.96. The maximum atomic E-state index is 12.2. The van der Waals surface area contributed by atoms with E-state index in [-0.39, 0.29) is 11.5 Å². The number of halogens is 1. The minimum atomic E-state index is -0.590. The summed E-state index contributed by atoms with van der Waals surface area (Å²) in [5, 5.41) is 3.71. The maximum absolute atomic E-state index is 12.2.